The number of fused-ring (bicyclic) bond motifs is 1. The van der Waals surface area contributed by atoms with E-state index in [1.54, 1.807) is 7.11 Å². The molecule has 2 fully saturated rings. The van der Waals surface area contributed by atoms with Crippen molar-refractivity contribution in [2.75, 3.05) is 13.7 Å². The molecule has 110 valence electrons. The van der Waals surface area contributed by atoms with E-state index in [4.69, 9.17) is 16.3 Å². The summed E-state index contributed by atoms with van der Waals surface area (Å²) in [5.74, 6) is 3.59. The first kappa shape index (κ1) is 14.2. The minimum absolute atomic E-state index is 0.402. The zero-order valence-corrected chi connectivity index (χ0v) is 13.1. The smallest absolute Gasteiger partial charge is 0.123 e. The summed E-state index contributed by atoms with van der Waals surface area (Å²) in [6, 6.07) is 6.39. The Kier molecular flexibility index (Phi) is 4.23. The third kappa shape index (κ3) is 2.56. The molecule has 3 atom stereocenters. The molecule has 3 rings (SSSR count). The zero-order valence-electron chi connectivity index (χ0n) is 12.4. The average molecular weight is 294 g/mol. The van der Waals surface area contributed by atoms with Crippen LogP contribution in [0.3, 0.4) is 0 Å². The van der Waals surface area contributed by atoms with Crippen molar-refractivity contribution >= 4 is 11.6 Å². The second-order valence-corrected chi connectivity index (χ2v) is 6.59. The summed E-state index contributed by atoms with van der Waals surface area (Å²) >= 11 is 6.21. The summed E-state index contributed by atoms with van der Waals surface area (Å²) in [6.07, 6.45) is 5.38. The standard InChI is InChI=1S/C17H24ClNO/c1-3-9-19-17(16-12-5-4-6-13(12)16)14-10-11(18)7-8-15(14)20-2/h7-8,10,12-13,16-17,19H,3-6,9H2,1-2H3. The third-order valence-electron chi connectivity index (χ3n) is 5.00. The number of rotatable bonds is 6. The molecule has 2 saturated carbocycles. The van der Waals surface area contributed by atoms with E-state index in [-0.39, 0.29) is 0 Å². The first-order valence-electron chi connectivity index (χ1n) is 7.83. The number of ether oxygens (including phenoxy) is 1. The number of hydrogen-bond donors (Lipinski definition) is 1. The van der Waals surface area contributed by atoms with E-state index >= 15 is 0 Å². The molecule has 2 aliphatic rings. The molecule has 0 spiro atoms. The van der Waals surface area contributed by atoms with E-state index in [1.165, 1.54) is 24.8 Å². The van der Waals surface area contributed by atoms with Crippen LogP contribution < -0.4 is 10.1 Å². The molecule has 2 nitrogen and oxygen atoms in total. The molecule has 1 aromatic carbocycles. The van der Waals surface area contributed by atoms with Crippen molar-refractivity contribution in [1.29, 1.82) is 0 Å². The Labute approximate surface area is 126 Å². The van der Waals surface area contributed by atoms with Gasteiger partial charge < -0.3 is 10.1 Å². The van der Waals surface area contributed by atoms with Crippen LogP contribution in [0.5, 0.6) is 5.75 Å². The first-order chi connectivity index (χ1) is 9.76. The number of methoxy groups -OCH3 is 1. The lowest BCUT2D eigenvalue weighted by molar-refractivity contribution is 0.374. The van der Waals surface area contributed by atoms with Gasteiger partial charge in [0.25, 0.3) is 0 Å². The first-order valence-corrected chi connectivity index (χ1v) is 8.21. The fraction of sp³-hybridized carbons (Fsp3) is 0.647. The van der Waals surface area contributed by atoms with Crippen LogP contribution in [-0.2, 0) is 0 Å². The quantitative estimate of drug-likeness (QED) is 0.837. The third-order valence-corrected chi connectivity index (χ3v) is 5.23. The Bertz CT molecular complexity index is 466. The fourth-order valence-electron chi connectivity index (χ4n) is 4.07. The second-order valence-electron chi connectivity index (χ2n) is 6.15. The minimum Gasteiger partial charge on any atom is -0.496 e. The molecule has 0 aromatic heterocycles. The number of benzene rings is 1. The zero-order chi connectivity index (χ0) is 14.1. The van der Waals surface area contributed by atoms with Crippen LogP contribution in [0, 0.1) is 17.8 Å². The van der Waals surface area contributed by atoms with E-state index in [0.29, 0.717) is 6.04 Å². The van der Waals surface area contributed by atoms with Gasteiger partial charge in [-0.05, 0) is 61.8 Å². The molecular weight excluding hydrogens is 270 g/mol. The molecule has 1 N–H and O–H groups in total. The van der Waals surface area contributed by atoms with Crippen LogP contribution in [0.2, 0.25) is 5.02 Å². The molecule has 2 aliphatic carbocycles. The van der Waals surface area contributed by atoms with Gasteiger partial charge in [0.2, 0.25) is 0 Å². The highest BCUT2D eigenvalue weighted by molar-refractivity contribution is 6.30. The van der Waals surface area contributed by atoms with Crippen molar-refractivity contribution in [1.82, 2.24) is 5.32 Å². The van der Waals surface area contributed by atoms with Crippen LogP contribution in [0.4, 0.5) is 0 Å². The molecule has 20 heavy (non-hydrogen) atoms. The summed E-state index contributed by atoms with van der Waals surface area (Å²) in [5, 5.41) is 4.54. The highest BCUT2D eigenvalue weighted by atomic mass is 35.5. The van der Waals surface area contributed by atoms with Gasteiger partial charge in [-0.2, -0.15) is 0 Å². The van der Waals surface area contributed by atoms with Crippen LogP contribution in [0.1, 0.15) is 44.2 Å². The number of halogens is 1. The maximum atomic E-state index is 6.21. The summed E-state index contributed by atoms with van der Waals surface area (Å²) < 4.78 is 5.56. The van der Waals surface area contributed by atoms with Crippen LogP contribution in [0.15, 0.2) is 18.2 Å². The molecule has 0 bridgehead atoms. The normalized spacial score (nSPS) is 29.1. The predicted octanol–water partition coefficient (Wildman–Crippen LogP) is 4.44. The Hall–Kier alpha value is -0.730. The summed E-state index contributed by atoms with van der Waals surface area (Å²) in [5.41, 5.74) is 1.24. The van der Waals surface area contributed by atoms with Gasteiger partial charge in [-0.3, -0.25) is 0 Å². The van der Waals surface area contributed by atoms with Crippen LogP contribution in [-0.4, -0.2) is 13.7 Å². The maximum absolute atomic E-state index is 6.21. The van der Waals surface area contributed by atoms with E-state index in [1.807, 2.05) is 12.1 Å². The molecule has 3 unspecified atom stereocenters. The molecule has 0 heterocycles. The molecule has 0 radical (unpaired) electrons. The molecule has 3 heteroatoms. The van der Waals surface area contributed by atoms with Gasteiger partial charge in [0.05, 0.1) is 7.11 Å². The van der Waals surface area contributed by atoms with Crippen molar-refractivity contribution in [3.63, 3.8) is 0 Å². The van der Waals surface area contributed by atoms with Crippen molar-refractivity contribution in [2.24, 2.45) is 17.8 Å². The molecular formula is C17H24ClNO. The molecule has 0 amide bonds. The number of hydrogen-bond acceptors (Lipinski definition) is 2. The highest BCUT2D eigenvalue weighted by Gasteiger charge is 2.56. The topological polar surface area (TPSA) is 21.3 Å². The lowest BCUT2D eigenvalue weighted by Crippen LogP contribution is -2.26. The van der Waals surface area contributed by atoms with E-state index < -0.39 is 0 Å². The lowest BCUT2D eigenvalue weighted by atomic mass is 9.96. The maximum Gasteiger partial charge on any atom is 0.123 e. The van der Waals surface area contributed by atoms with E-state index in [9.17, 15) is 0 Å². The van der Waals surface area contributed by atoms with Gasteiger partial charge in [-0.1, -0.05) is 24.9 Å². The van der Waals surface area contributed by atoms with Gasteiger partial charge >= 0.3 is 0 Å². The monoisotopic (exact) mass is 293 g/mol. The van der Waals surface area contributed by atoms with Gasteiger partial charge in [0, 0.05) is 16.6 Å². The number of nitrogens with one attached hydrogen (secondary N) is 1. The second kappa shape index (κ2) is 5.95. The van der Waals surface area contributed by atoms with Gasteiger partial charge in [-0.15, -0.1) is 0 Å². The van der Waals surface area contributed by atoms with E-state index in [0.717, 1.165) is 41.5 Å². The van der Waals surface area contributed by atoms with Crippen molar-refractivity contribution in [3.8, 4) is 5.75 Å². The molecule has 0 saturated heterocycles. The van der Waals surface area contributed by atoms with Crippen LogP contribution >= 0.6 is 11.6 Å². The van der Waals surface area contributed by atoms with Gasteiger partial charge in [-0.25, -0.2) is 0 Å². The van der Waals surface area contributed by atoms with Gasteiger partial charge in [0.1, 0.15) is 5.75 Å². The fourth-order valence-corrected chi connectivity index (χ4v) is 4.25. The Morgan fingerprint density at radius 1 is 1.35 bits per heavy atom. The average Bonchev–Trinajstić information content (AvgIpc) is 2.92. The van der Waals surface area contributed by atoms with Crippen molar-refractivity contribution in [2.45, 2.75) is 38.6 Å². The summed E-state index contributed by atoms with van der Waals surface area (Å²) in [4.78, 5) is 0. The van der Waals surface area contributed by atoms with Crippen molar-refractivity contribution in [3.05, 3.63) is 28.8 Å². The summed E-state index contributed by atoms with van der Waals surface area (Å²) in [6.45, 7) is 3.27. The lowest BCUT2D eigenvalue weighted by Gasteiger charge is -2.23. The van der Waals surface area contributed by atoms with Gasteiger partial charge in [0.15, 0.2) is 0 Å². The van der Waals surface area contributed by atoms with Crippen LogP contribution in [0.25, 0.3) is 0 Å². The SMILES string of the molecule is CCCNC(c1cc(Cl)ccc1OC)C1C2CCCC21. The Morgan fingerprint density at radius 2 is 2.10 bits per heavy atom. The highest BCUT2D eigenvalue weighted by Crippen LogP contribution is 2.62. The molecule has 0 aliphatic heterocycles. The van der Waals surface area contributed by atoms with E-state index in [2.05, 4.69) is 18.3 Å². The summed E-state index contributed by atoms with van der Waals surface area (Å²) in [7, 11) is 1.75. The Morgan fingerprint density at radius 3 is 2.75 bits per heavy atom. The van der Waals surface area contributed by atoms with Crippen molar-refractivity contribution < 1.29 is 4.74 Å². The Balaban J connectivity index is 1.87. The predicted molar refractivity (Wildman–Crippen MR) is 83.4 cm³/mol. The minimum atomic E-state index is 0.402. The largest absolute Gasteiger partial charge is 0.496 e. The molecule has 1 aromatic rings.